The number of carbonyl (C=O) groups is 1. The summed E-state index contributed by atoms with van der Waals surface area (Å²) in [7, 11) is 0. The maximum absolute atomic E-state index is 12.5. The summed E-state index contributed by atoms with van der Waals surface area (Å²) in [6, 6.07) is 19.5. The molecular formula is C28H24ClN3O4S. The summed E-state index contributed by atoms with van der Waals surface area (Å²) in [4.78, 5) is 25.4. The molecule has 0 aliphatic rings. The topological polar surface area (TPSA) is 85.8 Å². The minimum absolute atomic E-state index is 0.295. The van der Waals surface area contributed by atoms with E-state index in [-0.39, 0.29) is 6.61 Å². The molecule has 0 atom stereocenters. The van der Waals surface area contributed by atoms with Gasteiger partial charge in [0.1, 0.15) is 17.4 Å². The highest BCUT2D eigenvalue weighted by Gasteiger charge is 2.21. The molecule has 0 aliphatic carbocycles. The van der Waals surface area contributed by atoms with Crippen LogP contribution in [0.4, 0.5) is 0 Å². The molecular weight excluding hydrogens is 510 g/mol. The van der Waals surface area contributed by atoms with E-state index in [1.807, 2.05) is 67.6 Å². The molecule has 0 unspecified atom stereocenters. The summed E-state index contributed by atoms with van der Waals surface area (Å²) in [5, 5.41) is 5.94. The van der Waals surface area contributed by atoms with Crippen molar-refractivity contribution in [3.63, 3.8) is 0 Å². The fourth-order valence-corrected chi connectivity index (χ4v) is 5.12. The van der Waals surface area contributed by atoms with Crippen LogP contribution in [-0.2, 0) is 22.7 Å². The Labute approximate surface area is 222 Å². The van der Waals surface area contributed by atoms with Gasteiger partial charge in [-0.05, 0) is 55.8 Å². The number of fused-ring (bicyclic) bond motifs is 2. The van der Waals surface area contributed by atoms with Crippen LogP contribution < -0.4 is 9.47 Å². The van der Waals surface area contributed by atoms with Crippen LogP contribution in [0.15, 0.2) is 65.8 Å². The minimum Gasteiger partial charge on any atom is -0.486 e. The van der Waals surface area contributed by atoms with Gasteiger partial charge in [-0.25, -0.2) is 9.78 Å². The zero-order valence-electron chi connectivity index (χ0n) is 20.3. The van der Waals surface area contributed by atoms with Gasteiger partial charge in [-0.1, -0.05) is 41.0 Å². The Hall–Kier alpha value is -3.88. The Balaban J connectivity index is 1.52. The van der Waals surface area contributed by atoms with Crippen molar-refractivity contribution in [3.8, 4) is 11.5 Å². The van der Waals surface area contributed by atoms with Crippen molar-refractivity contribution < 1.29 is 19.1 Å². The highest BCUT2D eigenvalue weighted by atomic mass is 35.5. The largest absolute Gasteiger partial charge is 0.486 e. The van der Waals surface area contributed by atoms with Gasteiger partial charge in [0, 0.05) is 28.6 Å². The van der Waals surface area contributed by atoms with Crippen molar-refractivity contribution in [1.29, 1.82) is 0 Å². The fourth-order valence-electron chi connectivity index (χ4n) is 4.11. The molecule has 5 aromatic rings. The van der Waals surface area contributed by atoms with E-state index < -0.39 is 5.97 Å². The second kappa shape index (κ2) is 11.0. The van der Waals surface area contributed by atoms with E-state index in [0.29, 0.717) is 29.5 Å². The number of para-hydroxylation sites is 1. The second-order valence-corrected chi connectivity index (χ2v) is 9.87. The van der Waals surface area contributed by atoms with Crippen LogP contribution in [0.3, 0.4) is 0 Å². The minimum atomic E-state index is -0.548. The number of aromatic amines is 1. The lowest BCUT2D eigenvalue weighted by molar-refractivity contribution is -0.139. The van der Waals surface area contributed by atoms with Gasteiger partial charge in [0.15, 0.2) is 5.75 Å². The summed E-state index contributed by atoms with van der Waals surface area (Å²) in [6.45, 7) is 3.59. The van der Waals surface area contributed by atoms with Gasteiger partial charge in [-0.3, -0.25) is 0 Å². The number of ether oxygens (including phenoxy) is 2. The second-order valence-electron chi connectivity index (χ2n) is 8.32. The molecule has 0 amide bonds. The predicted molar refractivity (Wildman–Crippen MR) is 147 cm³/mol. The molecule has 0 saturated heterocycles. The summed E-state index contributed by atoms with van der Waals surface area (Å²) in [5.41, 5.74) is 4.44. The average molecular weight is 534 g/mol. The first-order valence-electron chi connectivity index (χ1n) is 11.7. The van der Waals surface area contributed by atoms with Crippen molar-refractivity contribution in [2.24, 2.45) is 5.16 Å². The first kappa shape index (κ1) is 24.8. The molecule has 9 heteroatoms. The summed E-state index contributed by atoms with van der Waals surface area (Å²) in [5.74, 6) is 0.580. The van der Waals surface area contributed by atoms with E-state index in [2.05, 4.69) is 15.1 Å². The molecule has 188 valence electrons. The molecule has 3 aromatic carbocycles. The van der Waals surface area contributed by atoms with Crippen LogP contribution in [-0.4, -0.2) is 28.8 Å². The molecule has 0 radical (unpaired) electrons. The lowest BCUT2D eigenvalue weighted by Gasteiger charge is -2.14. The Kier molecular flexibility index (Phi) is 7.39. The van der Waals surface area contributed by atoms with Crippen LogP contribution in [0.1, 0.15) is 28.8 Å². The molecule has 0 aliphatic heterocycles. The first-order chi connectivity index (χ1) is 18.0. The van der Waals surface area contributed by atoms with Crippen molar-refractivity contribution in [1.82, 2.24) is 9.97 Å². The number of hydrogen-bond acceptors (Lipinski definition) is 7. The van der Waals surface area contributed by atoms with E-state index in [1.165, 1.54) is 6.21 Å². The number of H-pyrrole nitrogens is 1. The maximum atomic E-state index is 12.5. The summed E-state index contributed by atoms with van der Waals surface area (Å²) >= 11 is 7.72. The van der Waals surface area contributed by atoms with E-state index in [0.717, 1.165) is 42.9 Å². The third-order valence-corrected chi connectivity index (χ3v) is 6.98. The molecule has 0 saturated carbocycles. The zero-order valence-corrected chi connectivity index (χ0v) is 21.9. The molecule has 7 nitrogen and oxygen atoms in total. The number of carbonyl (C=O) groups excluding carboxylic acids is 1. The zero-order chi connectivity index (χ0) is 25.8. The van der Waals surface area contributed by atoms with Crippen LogP contribution in [0.25, 0.3) is 21.1 Å². The Morgan fingerprint density at radius 1 is 1.14 bits per heavy atom. The van der Waals surface area contributed by atoms with E-state index in [9.17, 15) is 4.79 Å². The normalized spacial score (nSPS) is 11.4. The number of benzene rings is 3. The Morgan fingerprint density at radius 3 is 2.73 bits per heavy atom. The van der Waals surface area contributed by atoms with Gasteiger partial charge in [0.05, 0.1) is 21.4 Å². The predicted octanol–water partition coefficient (Wildman–Crippen LogP) is 6.84. The molecule has 0 spiro atoms. The van der Waals surface area contributed by atoms with E-state index in [1.54, 1.807) is 18.3 Å². The summed E-state index contributed by atoms with van der Waals surface area (Å²) < 4.78 is 13.2. The molecule has 5 rings (SSSR count). The van der Waals surface area contributed by atoms with Crippen molar-refractivity contribution in [2.45, 2.75) is 26.9 Å². The number of nitrogens with one attached hydrogen (secondary N) is 1. The summed E-state index contributed by atoms with van der Waals surface area (Å²) in [6.07, 6.45) is 2.01. The smallest absolute Gasteiger partial charge is 0.352 e. The third kappa shape index (κ3) is 5.60. The van der Waals surface area contributed by atoms with Gasteiger partial charge in [0.2, 0.25) is 6.61 Å². The number of esters is 1. The number of aromatic nitrogens is 2. The van der Waals surface area contributed by atoms with Crippen LogP contribution in [0, 0.1) is 6.92 Å². The fraction of sp³-hybridized carbons (Fsp3) is 0.179. The van der Waals surface area contributed by atoms with Crippen molar-refractivity contribution in [3.05, 3.63) is 87.5 Å². The van der Waals surface area contributed by atoms with Gasteiger partial charge in [0.25, 0.3) is 0 Å². The number of halogens is 1. The van der Waals surface area contributed by atoms with E-state index in [4.69, 9.17) is 25.9 Å². The van der Waals surface area contributed by atoms with Crippen LogP contribution in [0.5, 0.6) is 11.5 Å². The molecule has 1 N–H and O–H groups in total. The Morgan fingerprint density at radius 2 is 1.95 bits per heavy atom. The molecule has 2 aromatic heterocycles. The first-order valence-corrected chi connectivity index (χ1v) is 12.9. The number of rotatable bonds is 9. The number of hydrogen-bond donors (Lipinski definition) is 1. The quantitative estimate of drug-likeness (QED) is 0.127. The lowest BCUT2D eigenvalue weighted by atomic mass is 9.99. The molecule has 0 bridgehead atoms. The molecule has 2 heterocycles. The SMILES string of the molecule is CC=NOCC(=O)Oc1c(C)[nH]c2ccc(OCc3nc4ccccc4s3)c(Cc3ccc(Cl)cc3)c12. The number of aryl methyl sites for hydroxylation is 1. The third-order valence-electron chi connectivity index (χ3n) is 5.72. The highest BCUT2D eigenvalue weighted by molar-refractivity contribution is 7.18. The number of thiazole rings is 1. The lowest BCUT2D eigenvalue weighted by Crippen LogP contribution is -2.14. The van der Waals surface area contributed by atoms with Crippen LogP contribution in [0.2, 0.25) is 5.02 Å². The van der Waals surface area contributed by atoms with Gasteiger partial charge >= 0.3 is 5.97 Å². The Bertz CT molecular complexity index is 1560. The molecule has 37 heavy (non-hydrogen) atoms. The van der Waals surface area contributed by atoms with E-state index >= 15 is 0 Å². The van der Waals surface area contributed by atoms with Crippen LogP contribution >= 0.6 is 22.9 Å². The standard InChI is InChI=1S/C28H24ClN3O4S/c1-3-30-35-16-26(33)36-28-17(2)31-22-12-13-23(20(27(22)28)14-18-8-10-19(29)11-9-18)34-15-25-32-21-6-4-5-7-24(21)37-25/h3-13,31H,14-16H2,1-2H3. The van der Waals surface area contributed by atoms with Gasteiger partial charge in [-0.15, -0.1) is 11.3 Å². The number of nitrogens with zero attached hydrogens (tertiary/aromatic N) is 2. The highest BCUT2D eigenvalue weighted by Crippen LogP contribution is 2.39. The number of oxime groups is 1. The molecule has 0 fully saturated rings. The van der Waals surface area contributed by atoms with Crippen molar-refractivity contribution in [2.75, 3.05) is 6.61 Å². The monoisotopic (exact) mass is 533 g/mol. The van der Waals surface area contributed by atoms with Gasteiger partial charge < -0.3 is 19.3 Å². The maximum Gasteiger partial charge on any atom is 0.352 e. The van der Waals surface area contributed by atoms with Crippen molar-refractivity contribution >= 4 is 56.2 Å². The average Bonchev–Trinajstić information content (AvgIpc) is 3.45. The van der Waals surface area contributed by atoms with Gasteiger partial charge in [-0.2, -0.15) is 0 Å².